The van der Waals surface area contributed by atoms with Gasteiger partial charge in [-0.25, -0.2) is 0 Å². The van der Waals surface area contributed by atoms with Gasteiger partial charge in [-0.15, -0.1) is 0 Å². The van der Waals surface area contributed by atoms with Gasteiger partial charge in [0.1, 0.15) is 24.2 Å². The fourth-order valence-electron chi connectivity index (χ4n) is 1.66. The number of hydrogen-bond donors (Lipinski definition) is 1. The van der Waals surface area contributed by atoms with E-state index in [0.717, 1.165) is 11.4 Å². The molecule has 5 nitrogen and oxygen atoms in total. The van der Waals surface area contributed by atoms with Crippen molar-refractivity contribution in [2.45, 2.75) is 6.54 Å². The van der Waals surface area contributed by atoms with Crippen molar-refractivity contribution in [1.82, 2.24) is 0 Å². The standard InChI is InChI=1S/C15H16N2O3/c1-18-7-8-19-13-4-2-3-12(9-13)17-11-15-6-5-14(10-16)20-15/h2-6,9,17H,7-8,11H2,1H3. The van der Waals surface area contributed by atoms with Gasteiger partial charge in [-0.2, -0.15) is 5.26 Å². The van der Waals surface area contributed by atoms with Crippen LogP contribution in [-0.2, 0) is 11.3 Å². The Bertz CT molecular complexity index is 587. The molecule has 0 radical (unpaired) electrons. The molecule has 0 aliphatic heterocycles. The van der Waals surface area contributed by atoms with Crippen molar-refractivity contribution in [2.24, 2.45) is 0 Å². The summed E-state index contributed by atoms with van der Waals surface area (Å²) in [5.74, 6) is 1.81. The SMILES string of the molecule is COCCOc1cccc(NCc2ccc(C#N)o2)c1. The predicted molar refractivity (Wildman–Crippen MR) is 74.6 cm³/mol. The van der Waals surface area contributed by atoms with Crippen molar-refractivity contribution in [3.05, 3.63) is 47.9 Å². The van der Waals surface area contributed by atoms with Crippen LogP contribution in [0.3, 0.4) is 0 Å². The monoisotopic (exact) mass is 272 g/mol. The van der Waals surface area contributed by atoms with Gasteiger partial charge in [0.25, 0.3) is 0 Å². The zero-order valence-corrected chi connectivity index (χ0v) is 11.3. The first-order valence-corrected chi connectivity index (χ1v) is 6.26. The average Bonchev–Trinajstić information content (AvgIpc) is 2.94. The Morgan fingerprint density at radius 2 is 2.15 bits per heavy atom. The number of nitriles is 1. The molecule has 104 valence electrons. The number of benzene rings is 1. The Hall–Kier alpha value is -2.45. The molecular weight excluding hydrogens is 256 g/mol. The first-order chi connectivity index (χ1) is 9.81. The molecule has 0 amide bonds. The Kier molecular flexibility index (Phi) is 5.04. The lowest BCUT2D eigenvalue weighted by molar-refractivity contribution is 0.146. The summed E-state index contributed by atoms with van der Waals surface area (Å²) in [6.45, 7) is 1.59. The quantitative estimate of drug-likeness (QED) is 0.785. The molecular formula is C15H16N2O3. The van der Waals surface area contributed by atoms with Crippen molar-refractivity contribution in [3.63, 3.8) is 0 Å². The van der Waals surface area contributed by atoms with E-state index < -0.39 is 0 Å². The van der Waals surface area contributed by atoms with E-state index in [1.165, 1.54) is 0 Å². The molecule has 0 fully saturated rings. The van der Waals surface area contributed by atoms with Gasteiger partial charge in [0.15, 0.2) is 0 Å². The van der Waals surface area contributed by atoms with E-state index in [2.05, 4.69) is 5.32 Å². The molecule has 0 spiro atoms. The third-order valence-corrected chi connectivity index (χ3v) is 2.63. The topological polar surface area (TPSA) is 67.4 Å². The van der Waals surface area contributed by atoms with Crippen LogP contribution in [0.4, 0.5) is 5.69 Å². The van der Waals surface area contributed by atoms with E-state index in [1.807, 2.05) is 30.3 Å². The number of rotatable bonds is 7. The van der Waals surface area contributed by atoms with Crippen LogP contribution in [0.15, 0.2) is 40.8 Å². The molecule has 0 saturated heterocycles. The molecule has 2 rings (SSSR count). The van der Waals surface area contributed by atoms with E-state index in [9.17, 15) is 0 Å². The molecule has 1 heterocycles. The third-order valence-electron chi connectivity index (χ3n) is 2.63. The number of anilines is 1. The summed E-state index contributed by atoms with van der Waals surface area (Å²) in [4.78, 5) is 0. The van der Waals surface area contributed by atoms with Crippen LogP contribution >= 0.6 is 0 Å². The molecule has 0 atom stereocenters. The number of methoxy groups -OCH3 is 1. The highest BCUT2D eigenvalue weighted by atomic mass is 16.5. The van der Waals surface area contributed by atoms with Crippen LogP contribution in [0.25, 0.3) is 0 Å². The number of furan rings is 1. The second-order valence-electron chi connectivity index (χ2n) is 4.10. The molecule has 0 saturated carbocycles. The van der Waals surface area contributed by atoms with Crippen LogP contribution in [0.5, 0.6) is 5.75 Å². The van der Waals surface area contributed by atoms with Crippen LogP contribution in [0.1, 0.15) is 11.5 Å². The molecule has 2 aromatic rings. The predicted octanol–water partition coefficient (Wildman–Crippen LogP) is 2.79. The first kappa shape index (κ1) is 14.0. The minimum absolute atomic E-state index is 0.318. The maximum atomic E-state index is 8.68. The molecule has 20 heavy (non-hydrogen) atoms. The summed E-state index contributed by atoms with van der Waals surface area (Å²) in [6.07, 6.45) is 0. The largest absolute Gasteiger partial charge is 0.491 e. The third kappa shape index (κ3) is 4.04. The molecule has 1 aromatic carbocycles. The van der Waals surface area contributed by atoms with Crippen LogP contribution in [-0.4, -0.2) is 20.3 Å². The average molecular weight is 272 g/mol. The lowest BCUT2D eigenvalue weighted by Crippen LogP contribution is -2.04. The summed E-state index contributed by atoms with van der Waals surface area (Å²) < 4.78 is 15.8. The minimum atomic E-state index is 0.318. The fourth-order valence-corrected chi connectivity index (χ4v) is 1.66. The maximum absolute atomic E-state index is 8.68. The van der Waals surface area contributed by atoms with Gasteiger partial charge >= 0.3 is 0 Å². The lowest BCUT2D eigenvalue weighted by Gasteiger charge is -2.08. The van der Waals surface area contributed by atoms with Crippen molar-refractivity contribution in [2.75, 3.05) is 25.6 Å². The van der Waals surface area contributed by atoms with E-state index in [0.29, 0.717) is 31.3 Å². The summed E-state index contributed by atoms with van der Waals surface area (Å²) in [6, 6.07) is 13.0. The Balaban J connectivity index is 1.89. The fraction of sp³-hybridized carbons (Fsp3) is 0.267. The van der Waals surface area contributed by atoms with Gasteiger partial charge in [-0.05, 0) is 24.3 Å². The molecule has 0 unspecified atom stereocenters. The van der Waals surface area contributed by atoms with Crippen LogP contribution < -0.4 is 10.1 Å². The summed E-state index contributed by atoms with van der Waals surface area (Å²) in [5, 5.41) is 11.9. The van der Waals surface area contributed by atoms with E-state index in [4.69, 9.17) is 19.2 Å². The Labute approximate surface area is 117 Å². The zero-order chi connectivity index (χ0) is 14.2. The maximum Gasteiger partial charge on any atom is 0.203 e. The van der Waals surface area contributed by atoms with Crippen molar-refractivity contribution in [3.8, 4) is 11.8 Å². The summed E-state index contributed by atoms with van der Waals surface area (Å²) >= 11 is 0. The molecule has 1 aromatic heterocycles. The molecule has 0 aliphatic rings. The van der Waals surface area contributed by atoms with Crippen LogP contribution in [0, 0.1) is 11.3 Å². The second-order valence-corrected chi connectivity index (χ2v) is 4.10. The van der Waals surface area contributed by atoms with E-state index in [1.54, 1.807) is 19.2 Å². The number of nitrogens with one attached hydrogen (secondary N) is 1. The molecule has 1 N–H and O–H groups in total. The van der Waals surface area contributed by atoms with Crippen molar-refractivity contribution < 1.29 is 13.9 Å². The van der Waals surface area contributed by atoms with Gasteiger partial charge < -0.3 is 19.2 Å². The van der Waals surface area contributed by atoms with E-state index in [-0.39, 0.29) is 0 Å². The number of nitrogens with zero attached hydrogens (tertiary/aromatic N) is 1. The Morgan fingerprint density at radius 1 is 1.25 bits per heavy atom. The zero-order valence-electron chi connectivity index (χ0n) is 11.3. The number of hydrogen-bond acceptors (Lipinski definition) is 5. The minimum Gasteiger partial charge on any atom is -0.491 e. The highest BCUT2D eigenvalue weighted by molar-refractivity contribution is 5.48. The summed E-state index contributed by atoms with van der Waals surface area (Å²) in [5.41, 5.74) is 0.926. The number of ether oxygens (including phenoxy) is 2. The van der Waals surface area contributed by atoms with Gasteiger partial charge in [-0.3, -0.25) is 0 Å². The van der Waals surface area contributed by atoms with Gasteiger partial charge in [0.05, 0.1) is 13.2 Å². The smallest absolute Gasteiger partial charge is 0.203 e. The van der Waals surface area contributed by atoms with E-state index >= 15 is 0 Å². The van der Waals surface area contributed by atoms with Crippen molar-refractivity contribution in [1.29, 1.82) is 5.26 Å². The highest BCUT2D eigenvalue weighted by Crippen LogP contribution is 2.18. The normalized spacial score (nSPS) is 10.0. The van der Waals surface area contributed by atoms with Gasteiger partial charge in [0, 0.05) is 18.9 Å². The van der Waals surface area contributed by atoms with Crippen LogP contribution in [0.2, 0.25) is 0 Å². The molecule has 0 aliphatic carbocycles. The molecule has 5 heteroatoms. The van der Waals surface area contributed by atoms with Crippen molar-refractivity contribution >= 4 is 5.69 Å². The van der Waals surface area contributed by atoms with Gasteiger partial charge in [0.2, 0.25) is 5.76 Å². The highest BCUT2D eigenvalue weighted by Gasteiger charge is 2.02. The molecule has 0 bridgehead atoms. The Morgan fingerprint density at radius 3 is 2.90 bits per heavy atom. The second kappa shape index (κ2) is 7.22. The summed E-state index contributed by atoms with van der Waals surface area (Å²) in [7, 11) is 1.64. The first-order valence-electron chi connectivity index (χ1n) is 6.26. The lowest BCUT2D eigenvalue weighted by atomic mass is 10.3. The van der Waals surface area contributed by atoms with Gasteiger partial charge in [-0.1, -0.05) is 6.07 Å².